The lowest BCUT2D eigenvalue weighted by Gasteiger charge is -2.20. The van der Waals surface area contributed by atoms with Crippen molar-refractivity contribution in [2.75, 3.05) is 12.4 Å². The Balaban J connectivity index is 2.07. The molecule has 1 aliphatic rings. The molecule has 0 saturated heterocycles. The van der Waals surface area contributed by atoms with E-state index in [-0.39, 0.29) is 18.7 Å². The molecule has 3 nitrogen and oxygen atoms in total. The summed E-state index contributed by atoms with van der Waals surface area (Å²) in [5.74, 6) is -2.63. The molecule has 1 saturated carbocycles. The van der Waals surface area contributed by atoms with Gasteiger partial charge in [-0.25, -0.2) is 13.8 Å². The van der Waals surface area contributed by atoms with Gasteiger partial charge in [-0.05, 0) is 19.2 Å². The lowest BCUT2D eigenvalue weighted by atomic mass is 10.2. The minimum absolute atomic E-state index is 0.154. The number of nitrogens with zero attached hydrogens (tertiary/aromatic N) is 1. The Morgan fingerprint density at radius 2 is 1.85 bits per heavy atom. The van der Waals surface area contributed by atoms with Crippen molar-refractivity contribution in [1.29, 1.82) is 0 Å². The maximum atomic E-state index is 13.3. The topological polar surface area (TPSA) is 37.0 Å². The van der Waals surface area contributed by atoms with Crippen LogP contribution < -0.4 is 10.6 Å². The highest BCUT2D eigenvalue weighted by atomic mass is 19.4. The van der Waals surface area contributed by atoms with Crippen LogP contribution in [0, 0.1) is 0 Å². The monoisotopic (exact) mass is 295 g/mol. The SMILES string of the molecule is CNC1CC(F)(F)CC1Nc1ccc(C(F)(F)F)cn1. The summed E-state index contributed by atoms with van der Waals surface area (Å²) in [6.45, 7) is 0. The normalized spacial score (nSPS) is 25.7. The minimum atomic E-state index is -4.46. The molecular formula is C12H14F5N3. The van der Waals surface area contributed by atoms with Gasteiger partial charge in [-0.2, -0.15) is 13.2 Å². The molecule has 2 atom stereocenters. The first-order chi connectivity index (χ1) is 9.21. The average Bonchev–Trinajstić information content (AvgIpc) is 2.63. The number of alkyl halides is 5. The fraction of sp³-hybridized carbons (Fsp3) is 0.583. The Labute approximate surface area is 112 Å². The van der Waals surface area contributed by atoms with Crippen LogP contribution in [0.5, 0.6) is 0 Å². The van der Waals surface area contributed by atoms with Gasteiger partial charge in [0.2, 0.25) is 0 Å². The number of hydrogen-bond acceptors (Lipinski definition) is 3. The zero-order valence-corrected chi connectivity index (χ0v) is 10.6. The largest absolute Gasteiger partial charge is 0.417 e. The Kier molecular flexibility index (Phi) is 3.86. The zero-order valence-electron chi connectivity index (χ0n) is 10.6. The van der Waals surface area contributed by atoms with Crippen LogP contribution in [0.25, 0.3) is 0 Å². The molecule has 8 heteroatoms. The van der Waals surface area contributed by atoms with Crippen molar-refractivity contribution in [3.63, 3.8) is 0 Å². The summed E-state index contributed by atoms with van der Waals surface area (Å²) in [5.41, 5.74) is -0.870. The molecule has 1 aromatic rings. The molecular weight excluding hydrogens is 281 g/mol. The fourth-order valence-corrected chi connectivity index (χ4v) is 2.30. The Hall–Kier alpha value is -1.44. The summed E-state index contributed by atoms with van der Waals surface area (Å²) in [4.78, 5) is 3.62. The molecule has 20 heavy (non-hydrogen) atoms. The van der Waals surface area contributed by atoms with Crippen LogP contribution in [0.15, 0.2) is 18.3 Å². The smallest absolute Gasteiger partial charge is 0.366 e. The van der Waals surface area contributed by atoms with Crippen molar-refractivity contribution in [3.05, 3.63) is 23.9 Å². The van der Waals surface area contributed by atoms with E-state index in [9.17, 15) is 22.0 Å². The highest BCUT2D eigenvalue weighted by Gasteiger charge is 2.45. The lowest BCUT2D eigenvalue weighted by molar-refractivity contribution is -0.137. The number of aromatic nitrogens is 1. The van der Waals surface area contributed by atoms with Gasteiger partial charge in [0.15, 0.2) is 0 Å². The summed E-state index contributed by atoms with van der Waals surface area (Å²) >= 11 is 0. The number of anilines is 1. The number of pyridine rings is 1. The van der Waals surface area contributed by atoms with Crippen LogP contribution in [0.3, 0.4) is 0 Å². The zero-order chi connectivity index (χ0) is 15.0. The Morgan fingerprint density at radius 3 is 2.35 bits per heavy atom. The van der Waals surface area contributed by atoms with Crippen molar-refractivity contribution in [2.24, 2.45) is 0 Å². The molecule has 0 aromatic carbocycles. The molecule has 1 fully saturated rings. The lowest BCUT2D eigenvalue weighted by Crippen LogP contribution is -2.38. The summed E-state index contributed by atoms with van der Waals surface area (Å²) in [5, 5.41) is 5.53. The van der Waals surface area contributed by atoms with E-state index in [4.69, 9.17) is 0 Å². The molecule has 0 bridgehead atoms. The quantitative estimate of drug-likeness (QED) is 0.842. The number of nitrogens with one attached hydrogen (secondary N) is 2. The van der Waals surface area contributed by atoms with Gasteiger partial charge in [0.25, 0.3) is 5.92 Å². The summed E-state index contributed by atoms with van der Waals surface area (Å²) in [6, 6.07) is 0.997. The molecule has 0 amide bonds. The summed E-state index contributed by atoms with van der Waals surface area (Å²) in [6.07, 6.45) is -4.45. The van der Waals surface area contributed by atoms with Crippen LogP contribution in [-0.2, 0) is 6.18 Å². The third-order valence-corrected chi connectivity index (χ3v) is 3.32. The Morgan fingerprint density at radius 1 is 1.20 bits per heavy atom. The first-order valence-electron chi connectivity index (χ1n) is 6.06. The molecule has 0 aliphatic heterocycles. The highest BCUT2D eigenvalue weighted by Crippen LogP contribution is 2.36. The first-order valence-corrected chi connectivity index (χ1v) is 6.06. The van der Waals surface area contributed by atoms with Crippen molar-refractivity contribution < 1.29 is 22.0 Å². The van der Waals surface area contributed by atoms with Gasteiger partial charge in [0.05, 0.1) is 5.56 Å². The van der Waals surface area contributed by atoms with Crippen LogP contribution in [0.4, 0.5) is 27.8 Å². The second-order valence-corrected chi connectivity index (χ2v) is 4.84. The van der Waals surface area contributed by atoms with E-state index in [0.29, 0.717) is 6.20 Å². The van der Waals surface area contributed by atoms with Crippen molar-refractivity contribution >= 4 is 5.82 Å². The molecule has 112 valence electrons. The minimum Gasteiger partial charge on any atom is -0.366 e. The molecule has 1 heterocycles. The molecule has 1 aliphatic carbocycles. The molecule has 2 N–H and O–H groups in total. The van der Waals surface area contributed by atoms with Gasteiger partial charge in [0, 0.05) is 31.1 Å². The van der Waals surface area contributed by atoms with Crippen molar-refractivity contribution in [1.82, 2.24) is 10.3 Å². The number of likely N-dealkylation sites (N-methyl/N-ethyl adjacent to an activating group) is 1. The van der Waals surface area contributed by atoms with Crippen LogP contribution in [0.2, 0.25) is 0 Å². The van der Waals surface area contributed by atoms with E-state index < -0.39 is 29.7 Å². The van der Waals surface area contributed by atoms with Gasteiger partial charge in [-0.3, -0.25) is 0 Å². The number of rotatable bonds is 3. The molecule has 0 spiro atoms. The van der Waals surface area contributed by atoms with E-state index in [1.807, 2.05) is 0 Å². The van der Waals surface area contributed by atoms with Gasteiger partial charge >= 0.3 is 6.18 Å². The van der Waals surface area contributed by atoms with Gasteiger partial charge in [0.1, 0.15) is 5.82 Å². The first kappa shape index (κ1) is 15.0. The molecule has 0 radical (unpaired) electrons. The van der Waals surface area contributed by atoms with E-state index in [0.717, 1.165) is 12.1 Å². The maximum Gasteiger partial charge on any atom is 0.417 e. The number of hydrogen-bond donors (Lipinski definition) is 2. The van der Waals surface area contributed by atoms with E-state index >= 15 is 0 Å². The molecule has 2 rings (SSSR count). The standard InChI is InChI=1S/C12H14F5N3/c1-18-8-4-11(13,14)5-9(8)20-10-3-2-7(6-19-10)12(15,16)17/h2-3,6,8-9,18H,4-5H2,1H3,(H,19,20). The van der Waals surface area contributed by atoms with Crippen molar-refractivity contribution in [3.8, 4) is 0 Å². The predicted molar refractivity (Wildman–Crippen MR) is 63.7 cm³/mol. The maximum absolute atomic E-state index is 13.3. The van der Waals surface area contributed by atoms with Crippen LogP contribution >= 0.6 is 0 Å². The third-order valence-electron chi connectivity index (χ3n) is 3.32. The average molecular weight is 295 g/mol. The van der Waals surface area contributed by atoms with Crippen LogP contribution in [-0.4, -0.2) is 30.0 Å². The summed E-state index contributed by atoms with van der Waals surface area (Å²) in [7, 11) is 1.57. The van der Waals surface area contributed by atoms with Gasteiger partial charge in [-0.15, -0.1) is 0 Å². The van der Waals surface area contributed by atoms with Crippen LogP contribution in [0.1, 0.15) is 18.4 Å². The second kappa shape index (κ2) is 5.16. The molecule has 2 unspecified atom stereocenters. The van der Waals surface area contributed by atoms with Gasteiger partial charge in [-0.1, -0.05) is 0 Å². The van der Waals surface area contributed by atoms with E-state index in [1.54, 1.807) is 7.05 Å². The second-order valence-electron chi connectivity index (χ2n) is 4.84. The Bertz CT molecular complexity index is 457. The fourth-order valence-electron chi connectivity index (χ4n) is 2.30. The predicted octanol–water partition coefficient (Wildman–Crippen LogP) is 2.90. The number of halogens is 5. The van der Waals surface area contributed by atoms with Gasteiger partial charge < -0.3 is 10.6 Å². The van der Waals surface area contributed by atoms with E-state index in [1.165, 1.54) is 0 Å². The van der Waals surface area contributed by atoms with E-state index in [2.05, 4.69) is 15.6 Å². The van der Waals surface area contributed by atoms with Crippen molar-refractivity contribution in [2.45, 2.75) is 37.0 Å². The highest BCUT2D eigenvalue weighted by molar-refractivity contribution is 5.38. The third kappa shape index (κ3) is 3.36. The summed E-state index contributed by atoms with van der Waals surface area (Å²) < 4.78 is 63.7. The molecule has 1 aromatic heterocycles.